The molecule has 0 amide bonds. The summed E-state index contributed by atoms with van der Waals surface area (Å²) in [5, 5.41) is 9.02. The molecule has 3 N–H and O–H groups in total. The fourth-order valence-corrected chi connectivity index (χ4v) is 4.37. The largest absolute Gasteiger partial charge is 0.480 e. The minimum absolute atomic E-state index is 0.0569. The molecule has 0 aromatic carbocycles. The summed E-state index contributed by atoms with van der Waals surface area (Å²) in [7, 11) is -2.96. The van der Waals surface area contributed by atoms with Crippen molar-refractivity contribution in [3.8, 4) is 0 Å². The molecule has 0 radical (unpaired) electrons. The third kappa shape index (κ3) is 2.61. The summed E-state index contributed by atoms with van der Waals surface area (Å²) in [6.45, 7) is 0.825. The lowest BCUT2D eigenvalue weighted by atomic mass is 10.0. The Labute approximate surface area is 101 Å². The van der Waals surface area contributed by atoms with Gasteiger partial charge in [0.15, 0.2) is 9.84 Å². The number of hydrogen-bond donors (Lipinski definition) is 2. The third-order valence-electron chi connectivity index (χ3n) is 3.71. The van der Waals surface area contributed by atoms with Gasteiger partial charge in [-0.05, 0) is 19.3 Å². The maximum absolute atomic E-state index is 11.5. The minimum Gasteiger partial charge on any atom is -0.480 e. The topological polar surface area (TPSA) is 101 Å². The second-order valence-corrected chi connectivity index (χ2v) is 7.32. The maximum Gasteiger partial charge on any atom is 0.325 e. The van der Waals surface area contributed by atoms with Crippen molar-refractivity contribution in [1.29, 1.82) is 0 Å². The van der Waals surface area contributed by atoms with Crippen LogP contribution in [0.25, 0.3) is 0 Å². The van der Waals surface area contributed by atoms with Crippen LogP contribution in [0.2, 0.25) is 0 Å². The quantitative estimate of drug-likeness (QED) is 0.665. The van der Waals surface area contributed by atoms with Crippen LogP contribution in [0.5, 0.6) is 0 Å². The molecule has 6 nitrogen and oxygen atoms in total. The molecule has 0 aromatic heterocycles. The molecule has 0 saturated carbocycles. The van der Waals surface area contributed by atoms with Crippen molar-refractivity contribution in [3.63, 3.8) is 0 Å². The molecule has 98 valence electrons. The highest BCUT2D eigenvalue weighted by molar-refractivity contribution is 7.91. The molecule has 2 unspecified atom stereocenters. The normalized spacial score (nSPS) is 38.1. The summed E-state index contributed by atoms with van der Waals surface area (Å²) in [5.74, 6) is -0.606. The lowest BCUT2D eigenvalue weighted by Gasteiger charge is -2.31. The Morgan fingerprint density at radius 3 is 2.71 bits per heavy atom. The predicted molar refractivity (Wildman–Crippen MR) is 62.4 cm³/mol. The van der Waals surface area contributed by atoms with Gasteiger partial charge in [-0.25, -0.2) is 8.42 Å². The van der Waals surface area contributed by atoms with Gasteiger partial charge in [0.2, 0.25) is 0 Å². The molecule has 2 fully saturated rings. The monoisotopic (exact) mass is 262 g/mol. The third-order valence-corrected chi connectivity index (χ3v) is 5.52. The number of carbonyl (C=O) groups is 1. The zero-order valence-corrected chi connectivity index (χ0v) is 10.4. The van der Waals surface area contributed by atoms with Gasteiger partial charge in [-0.15, -0.1) is 0 Å². The number of aliphatic carboxylic acids is 1. The lowest BCUT2D eigenvalue weighted by Crippen LogP contribution is -2.52. The molecule has 17 heavy (non-hydrogen) atoms. The second-order valence-electron chi connectivity index (χ2n) is 5.09. The highest BCUT2D eigenvalue weighted by atomic mass is 32.2. The molecule has 2 atom stereocenters. The Morgan fingerprint density at radius 1 is 1.47 bits per heavy atom. The molecule has 0 aromatic rings. The van der Waals surface area contributed by atoms with Crippen LogP contribution in [-0.2, 0) is 14.6 Å². The van der Waals surface area contributed by atoms with Crippen molar-refractivity contribution in [3.05, 3.63) is 0 Å². The predicted octanol–water partition coefficient (Wildman–Crippen LogP) is -0.949. The van der Waals surface area contributed by atoms with E-state index in [9.17, 15) is 13.2 Å². The van der Waals surface area contributed by atoms with E-state index in [1.807, 2.05) is 4.90 Å². The van der Waals surface area contributed by atoms with Crippen LogP contribution in [-0.4, -0.2) is 60.6 Å². The number of sulfone groups is 1. The summed E-state index contributed by atoms with van der Waals surface area (Å²) in [5.41, 5.74) is 4.57. The Kier molecular flexibility index (Phi) is 3.17. The number of rotatable bonds is 2. The standard InChI is InChI=1S/C10H18N2O4S/c11-10(9(13)14)3-4-12(7-10)8-2-1-5-17(15,16)6-8/h8H,1-7,11H2,(H,13,14). The van der Waals surface area contributed by atoms with Gasteiger partial charge in [-0.2, -0.15) is 0 Å². The smallest absolute Gasteiger partial charge is 0.325 e. The summed E-state index contributed by atoms with van der Waals surface area (Å²) in [6, 6.07) is -0.0569. The first-order valence-corrected chi connectivity index (χ1v) is 7.61. The molecule has 0 aliphatic carbocycles. The van der Waals surface area contributed by atoms with Crippen LogP contribution in [0.1, 0.15) is 19.3 Å². The number of carboxylic acids is 1. The summed E-state index contributed by atoms with van der Waals surface area (Å²) in [4.78, 5) is 12.9. The van der Waals surface area contributed by atoms with Gasteiger partial charge in [-0.3, -0.25) is 9.69 Å². The van der Waals surface area contributed by atoms with Gasteiger partial charge in [0, 0.05) is 19.1 Å². The van der Waals surface area contributed by atoms with E-state index in [0.717, 1.165) is 6.42 Å². The molecular formula is C10H18N2O4S. The minimum atomic E-state index is -2.96. The van der Waals surface area contributed by atoms with Crippen LogP contribution in [0.4, 0.5) is 0 Å². The van der Waals surface area contributed by atoms with Crippen molar-refractivity contribution in [2.45, 2.75) is 30.8 Å². The Balaban J connectivity index is 2.04. The van der Waals surface area contributed by atoms with Gasteiger partial charge in [0.05, 0.1) is 11.5 Å². The molecule has 2 aliphatic rings. The molecule has 0 spiro atoms. The van der Waals surface area contributed by atoms with E-state index in [1.54, 1.807) is 0 Å². The van der Waals surface area contributed by atoms with Crippen LogP contribution in [0.3, 0.4) is 0 Å². The summed E-state index contributed by atoms with van der Waals surface area (Å²) in [6.07, 6.45) is 1.86. The molecule has 2 heterocycles. The van der Waals surface area contributed by atoms with E-state index in [1.165, 1.54) is 0 Å². The van der Waals surface area contributed by atoms with Crippen molar-refractivity contribution in [2.75, 3.05) is 24.6 Å². The molecule has 0 bridgehead atoms. The van der Waals surface area contributed by atoms with E-state index in [-0.39, 0.29) is 24.1 Å². The summed E-state index contributed by atoms with van der Waals surface area (Å²) >= 11 is 0. The zero-order chi connectivity index (χ0) is 12.7. The van der Waals surface area contributed by atoms with Crippen LogP contribution >= 0.6 is 0 Å². The lowest BCUT2D eigenvalue weighted by molar-refractivity contribution is -0.142. The average molecular weight is 262 g/mol. The van der Waals surface area contributed by atoms with Crippen LogP contribution in [0.15, 0.2) is 0 Å². The van der Waals surface area contributed by atoms with E-state index in [2.05, 4.69) is 0 Å². The molecule has 2 saturated heterocycles. The first kappa shape index (κ1) is 12.8. The highest BCUT2D eigenvalue weighted by Crippen LogP contribution is 2.26. The fourth-order valence-electron chi connectivity index (χ4n) is 2.64. The van der Waals surface area contributed by atoms with Crippen molar-refractivity contribution in [1.82, 2.24) is 4.90 Å². The molecule has 2 rings (SSSR count). The van der Waals surface area contributed by atoms with Crippen molar-refractivity contribution < 1.29 is 18.3 Å². The van der Waals surface area contributed by atoms with Crippen molar-refractivity contribution >= 4 is 15.8 Å². The van der Waals surface area contributed by atoms with Gasteiger partial charge in [-0.1, -0.05) is 0 Å². The van der Waals surface area contributed by atoms with E-state index in [0.29, 0.717) is 19.4 Å². The SMILES string of the molecule is NC1(C(=O)O)CCN(C2CCCS(=O)(=O)C2)C1. The van der Waals surface area contributed by atoms with Crippen LogP contribution in [0, 0.1) is 0 Å². The molecule has 7 heteroatoms. The average Bonchev–Trinajstić information content (AvgIpc) is 2.61. The first-order valence-electron chi connectivity index (χ1n) is 5.79. The van der Waals surface area contributed by atoms with E-state index >= 15 is 0 Å². The van der Waals surface area contributed by atoms with Gasteiger partial charge in [0.25, 0.3) is 0 Å². The number of nitrogens with zero attached hydrogens (tertiary/aromatic N) is 1. The van der Waals surface area contributed by atoms with Gasteiger partial charge >= 0.3 is 5.97 Å². The first-order chi connectivity index (χ1) is 7.82. The number of hydrogen-bond acceptors (Lipinski definition) is 5. The van der Waals surface area contributed by atoms with E-state index < -0.39 is 21.3 Å². The van der Waals surface area contributed by atoms with Gasteiger partial charge < -0.3 is 10.8 Å². The Morgan fingerprint density at radius 2 is 2.18 bits per heavy atom. The maximum atomic E-state index is 11.5. The number of carboxylic acid groups (broad SMARTS) is 1. The van der Waals surface area contributed by atoms with Gasteiger partial charge in [0.1, 0.15) is 5.54 Å². The molecular weight excluding hydrogens is 244 g/mol. The number of likely N-dealkylation sites (tertiary alicyclic amines) is 1. The van der Waals surface area contributed by atoms with Crippen LogP contribution < -0.4 is 5.73 Å². The zero-order valence-electron chi connectivity index (χ0n) is 9.63. The Bertz CT molecular complexity index is 422. The van der Waals surface area contributed by atoms with Crippen molar-refractivity contribution in [2.24, 2.45) is 5.73 Å². The fraction of sp³-hybridized carbons (Fsp3) is 0.900. The molecule has 2 aliphatic heterocycles. The second kappa shape index (κ2) is 4.22. The number of nitrogens with two attached hydrogens (primary N) is 1. The Hall–Kier alpha value is -0.660. The highest BCUT2D eigenvalue weighted by Gasteiger charge is 2.44. The summed E-state index contributed by atoms with van der Waals surface area (Å²) < 4.78 is 23.1. The van der Waals surface area contributed by atoms with E-state index in [4.69, 9.17) is 10.8 Å².